The van der Waals surface area contributed by atoms with Gasteiger partial charge in [0.25, 0.3) is 5.91 Å². The van der Waals surface area contributed by atoms with Crippen molar-refractivity contribution >= 4 is 34.2 Å². The number of hydrogen-bond acceptors (Lipinski definition) is 3. The van der Waals surface area contributed by atoms with E-state index in [1.165, 1.54) is 18.2 Å². The van der Waals surface area contributed by atoms with Crippen LogP contribution in [0.5, 0.6) is 11.5 Å². The summed E-state index contributed by atoms with van der Waals surface area (Å²) in [6.07, 6.45) is 0. The lowest BCUT2D eigenvalue weighted by molar-refractivity contribution is 0.102. The minimum absolute atomic E-state index is 0.0777. The largest absolute Gasteiger partial charge is 0.508 e. The normalized spacial score (nSPS) is 10.1. The topological polar surface area (TPSA) is 69.6 Å². The molecular weight excluding hydrogens is 345 g/mol. The van der Waals surface area contributed by atoms with Crippen LogP contribution in [0.4, 0.5) is 5.69 Å². The Morgan fingerprint density at radius 3 is 2.33 bits per heavy atom. The minimum atomic E-state index is -0.313. The summed E-state index contributed by atoms with van der Waals surface area (Å²) in [5.41, 5.74) is 0.955. The monoisotopic (exact) mass is 355 g/mol. The Bertz CT molecular complexity index is 581. The van der Waals surface area contributed by atoms with Gasteiger partial charge in [0.1, 0.15) is 11.5 Å². The van der Waals surface area contributed by atoms with Gasteiger partial charge < -0.3 is 15.5 Å². The van der Waals surface area contributed by atoms with Crippen LogP contribution in [0.1, 0.15) is 10.4 Å². The van der Waals surface area contributed by atoms with Crippen LogP contribution in [0.25, 0.3) is 0 Å². The number of hydrogen-bond donors (Lipinski definition) is 3. The Labute approximate surface area is 117 Å². The zero-order valence-corrected chi connectivity index (χ0v) is 11.4. The highest BCUT2D eigenvalue weighted by Gasteiger charge is 2.08. The molecule has 0 aliphatic heterocycles. The molecule has 0 aliphatic rings. The number of rotatable bonds is 2. The van der Waals surface area contributed by atoms with Gasteiger partial charge in [0.15, 0.2) is 0 Å². The van der Waals surface area contributed by atoms with Gasteiger partial charge in [-0.2, -0.15) is 0 Å². The quantitative estimate of drug-likeness (QED) is 0.573. The van der Waals surface area contributed by atoms with E-state index in [4.69, 9.17) is 5.11 Å². The van der Waals surface area contributed by atoms with Crippen molar-refractivity contribution in [2.75, 3.05) is 5.32 Å². The Morgan fingerprint density at radius 1 is 1.06 bits per heavy atom. The second-order valence-corrected chi connectivity index (χ2v) is 4.83. The number of phenols is 2. The molecule has 0 saturated carbocycles. The van der Waals surface area contributed by atoms with E-state index in [9.17, 15) is 9.90 Å². The Kier molecular flexibility index (Phi) is 3.71. The molecule has 5 heteroatoms. The summed E-state index contributed by atoms with van der Waals surface area (Å²) < 4.78 is 0.689. The fraction of sp³-hybridized carbons (Fsp3) is 0. The van der Waals surface area contributed by atoms with E-state index < -0.39 is 0 Å². The van der Waals surface area contributed by atoms with Crippen LogP contribution in [0, 0.1) is 3.57 Å². The fourth-order valence-corrected chi connectivity index (χ4v) is 1.74. The maximum absolute atomic E-state index is 11.9. The molecule has 3 N–H and O–H groups in total. The van der Waals surface area contributed by atoms with Crippen LogP contribution in [0.15, 0.2) is 42.5 Å². The number of carbonyl (C=O) groups is 1. The first-order valence-corrected chi connectivity index (χ1v) is 6.23. The van der Waals surface area contributed by atoms with E-state index >= 15 is 0 Å². The molecule has 0 aromatic heterocycles. The van der Waals surface area contributed by atoms with E-state index in [1.54, 1.807) is 24.3 Å². The van der Waals surface area contributed by atoms with Gasteiger partial charge in [0.05, 0.1) is 3.57 Å². The number of amides is 1. The lowest BCUT2D eigenvalue weighted by atomic mass is 10.2. The predicted octanol–water partition coefficient (Wildman–Crippen LogP) is 2.95. The van der Waals surface area contributed by atoms with Crippen molar-refractivity contribution < 1.29 is 15.0 Å². The predicted molar refractivity (Wildman–Crippen MR) is 76.9 cm³/mol. The molecule has 0 atom stereocenters. The summed E-state index contributed by atoms with van der Waals surface area (Å²) >= 11 is 1.98. The molecular formula is C13H10INO3. The average molecular weight is 355 g/mol. The van der Waals surface area contributed by atoms with Gasteiger partial charge in [0.2, 0.25) is 0 Å². The van der Waals surface area contributed by atoms with Crippen molar-refractivity contribution in [3.05, 3.63) is 51.6 Å². The summed E-state index contributed by atoms with van der Waals surface area (Å²) in [6, 6.07) is 10.9. The molecule has 0 aliphatic carbocycles. The third-order valence-corrected chi connectivity index (χ3v) is 3.25. The smallest absolute Gasteiger partial charge is 0.255 e. The lowest BCUT2D eigenvalue weighted by Gasteiger charge is -2.06. The van der Waals surface area contributed by atoms with Gasteiger partial charge in [-0.05, 0) is 65.1 Å². The molecule has 4 nitrogen and oxygen atoms in total. The van der Waals surface area contributed by atoms with E-state index in [2.05, 4.69) is 5.32 Å². The summed E-state index contributed by atoms with van der Waals surface area (Å²) in [7, 11) is 0. The van der Waals surface area contributed by atoms with Crippen LogP contribution in [0.2, 0.25) is 0 Å². The van der Waals surface area contributed by atoms with Gasteiger partial charge in [-0.25, -0.2) is 0 Å². The van der Waals surface area contributed by atoms with Crippen LogP contribution in [-0.2, 0) is 0 Å². The van der Waals surface area contributed by atoms with Crippen molar-refractivity contribution in [1.29, 1.82) is 0 Å². The van der Waals surface area contributed by atoms with Crippen molar-refractivity contribution in [3.63, 3.8) is 0 Å². The SMILES string of the molecule is O=C(Nc1ccc(O)cc1)c1ccc(I)c(O)c1. The number of anilines is 1. The highest BCUT2D eigenvalue weighted by Crippen LogP contribution is 2.21. The molecule has 2 aromatic rings. The minimum Gasteiger partial charge on any atom is -0.508 e. The molecule has 1 amide bonds. The summed E-state index contributed by atoms with van der Waals surface area (Å²) in [5, 5.41) is 21.3. The zero-order valence-electron chi connectivity index (χ0n) is 9.22. The fourth-order valence-electron chi connectivity index (χ4n) is 1.40. The molecule has 0 saturated heterocycles. The van der Waals surface area contributed by atoms with Crippen molar-refractivity contribution in [2.45, 2.75) is 0 Å². The molecule has 0 spiro atoms. The lowest BCUT2D eigenvalue weighted by Crippen LogP contribution is -2.11. The second-order valence-electron chi connectivity index (χ2n) is 3.67. The van der Waals surface area contributed by atoms with E-state index in [1.807, 2.05) is 22.6 Å². The standard InChI is InChI=1S/C13H10INO3/c14-11-6-1-8(7-12(11)17)13(18)15-9-2-4-10(16)5-3-9/h1-7,16-17H,(H,15,18). The van der Waals surface area contributed by atoms with E-state index in [-0.39, 0.29) is 17.4 Å². The average Bonchev–Trinajstić information content (AvgIpc) is 2.35. The van der Waals surface area contributed by atoms with E-state index in [0.717, 1.165) is 0 Å². The Hall–Kier alpha value is -1.76. The summed E-state index contributed by atoms with van der Waals surface area (Å²) in [6.45, 7) is 0. The van der Waals surface area contributed by atoms with Crippen molar-refractivity contribution in [3.8, 4) is 11.5 Å². The Balaban J connectivity index is 2.16. The second kappa shape index (κ2) is 5.26. The Morgan fingerprint density at radius 2 is 1.72 bits per heavy atom. The maximum atomic E-state index is 11.9. The van der Waals surface area contributed by atoms with Crippen LogP contribution in [0.3, 0.4) is 0 Å². The number of halogens is 1. The molecule has 0 radical (unpaired) electrons. The van der Waals surface area contributed by atoms with Crippen LogP contribution in [-0.4, -0.2) is 16.1 Å². The molecule has 0 heterocycles. The third-order valence-electron chi connectivity index (χ3n) is 2.33. The first kappa shape index (κ1) is 12.7. The van der Waals surface area contributed by atoms with Crippen molar-refractivity contribution in [1.82, 2.24) is 0 Å². The van der Waals surface area contributed by atoms with Crippen LogP contribution >= 0.6 is 22.6 Å². The first-order chi connectivity index (χ1) is 8.56. The molecule has 18 heavy (non-hydrogen) atoms. The van der Waals surface area contributed by atoms with E-state index in [0.29, 0.717) is 14.8 Å². The van der Waals surface area contributed by atoms with Gasteiger partial charge in [-0.15, -0.1) is 0 Å². The number of phenolic OH excluding ortho intramolecular Hbond substituents is 2. The maximum Gasteiger partial charge on any atom is 0.255 e. The highest BCUT2D eigenvalue weighted by atomic mass is 127. The van der Waals surface area contributed by atoms with Crippen molar-refractivity contribution in [2.24, 2.45) is 0 Å². The van der Waals surface area contributed by atoms with Gasteiger partial charge in [0, 0.05) is 11.3 Å². The highest BCUT2D eigenvalue weighted by molar-refractivity contribution is 14.1. The van der Waals surface area contributed by atoms with Crippen LogP contribution < -0.4 is 5.32 Å². The molecule has 2 rings (SSSR count). The van der Waals surface area contributed by atoms with Gasteiger partial charge >= 0.3 is 0 Å². The molecule has 0 bridgehead atoms. The summed E-state index contributed by atoms with van der Waals surface area (Å²) in [4.78, 5) is 11.9. The molecule has 0 fully saturated rings. The number of benzene rings is 2. The van der Waals surface area contributed by atoms with Gasteiger partial charge in [-0.3, -0.25) is 4.79 Å². The van der Waals surface area contributed by atoms with Gasteiger partial charge in [-0.1, -0.05) is 0 Å². The summed E-state index contributed by atoms with van der Waals surface area (Å²) in [5.74, 6) is -0.0961. The number of nitrogens with one attached hydrogen (secondary N) is 1. The number of carbonyl (C=O) groups excluding carboxylic acids is 1. The zero-order chi connectivity index (χ0) is 13.1. The molecule has 2 aromatic carbocycles. The number of aromatic hydroxyl groups is 2. The molecule has 0 unspecified atom stereocenters. The molecule has 92 valence electrons. The first-order valence-electron chi connectivity index (χ1n) is 5.15. The third kappa shape index (κ3) is 2.92.